The molecule has 0 spiro atoms. The number of aliphatic carboxylic acids is 1. The summed E-state index contributed by atoms with van der Waals surface area (Å²) in [7, 11) is 0. The molecule has 0 radical (unpaired) electrons. The molecule has 2 aromatic heterocycles. The van der Waals surface area contributed by atoms with Crippen LogP contribution in [-0.2, 0) is 4.79 Å². The van der Waals surface area contributed by atoms with Crippen LogP contribution in [0.25, 0.3) is 5.65 Å². The number of fused-ring (bicyclic) bond motifs is 1. The van der Waals surface area contributed by atoms with Gasteiger partial charge >= 0.3 is 5.97 Å². The highest BCUT2D eigenvalue weighted by molar-refractivity contribution is 5.68. The molecule has 0 atom stereocenters. The lowest BCUT2D eigenvalue weighted by atomic mass is 10.7. The monoisotopic (exact) mass is 193 g/mol. The SMILES string of the molecule is O=C(O)COc1cnc2cnccn12. The highest BCUT2D eigenvalue weighted by Crippen LogP contribution is 2.12. The fraction of sp³-hybridized carbons (Fsp3) is 0.125. The predicted molar refractivity (Wildman–Crippen MR) is 46.1 cm³/mol. The molecule has 0 aromatic carbocycles. The standard InChI is InChI=1S/C8H7N3O3/c12-8(13)5-14-7-4-10-6-3-9-1-2-11(6)7/h1-4H,5H2,(H,12,13). The molecule has 0 aliphatic rings. The smallest absolute Gasteiger partial charge is 0.341 e. The maximum atomic E-state index is 10.3. The highest BCUT2D eigenvalue weighted by Gasteiger charge is 2.05. The van der Waals surface area contributed by atoms with Gasteiger partial charge < -0.3 is 9.84 Å². The molecule has 2 heterocycles. The quantitative estimate of drug-likeness (QED) is 0.753. The molecule has 0 saturated heterocycles. The van der Waals surface area contributed by atoms with E-state index >= 15 is 0 Å². The van der Waals surface area contributed by atoms with Crippen molar-refractivity contribution in [3.63, 3.8) is 0 Å². The summed E-state index contributed by atoms with van der Waals surface area (Å²) in [6.07, 6.45) is 6.25. The fourth-order valence-corrected chi connectivity index (χ4v) is 1.06. The van der Waals surface area contributed by atoms with Crippen molar-refractivity contribution in [3.05, 3.63) is 24.8 Å². The Balaban J connectivity index is 2.29. The molecule has 0 bridgehead atoms. The van der Waals surface area contributed by atoms with Crippen LogP contribution in [0.1, 0.15) is 0 Å². The van der Waals surface area contributed by atoms with Crippen molar-refractivity contribution in [1.29, 1.82) is 0 Å². The molecule has 6 nitrogen and oxygen atoms in total. The average Bonchev–Trinajstić information content (AvgIpc) is 2.58. The van der Waals surface area contributed by atoms with E-state index in [1.165, 1.54) is 6.20 Å². The largest absolute Gasteiger partial charge is 0.479 e. The molecule has 14 heavy (non-hydrogen) atoms. The van der Waals surface area contributed by atoms with Crippen LogP contribution in [0.4, 0.5) is 0 Å². The summed E-state index contributed by atoms with van der Waals surface area (Å²) in [5, 5.41) is 8.42. The normalized spacial score (nSPS) is 10.3. The van der Waals surface area contributed by atoms with Gasteiger partial charge in [0.25, 0.3) is 0 Å². The fourth-order valence-electron chi connectivity index (χ4n) is 1.06. The Kier molecular flexibility index (Phi) is 2.02. The summed E-state index contributed by atoms with van der Waals surface area (Å²) >= 11 is 0. The molecule has 2 rings (SSSR count). The van der Waals surface area contributed by atoms with Gasteiger partial charge in [-0.2, -0.15) is 0 Å². The van der Waals surface area contributed by atoms with Gasteiger partial charge in [0.05, 0.1) is 12.4 Å². The van der Waals surface area contributed by atoms with Crippen LogP contribution in [0.3, 0.4) is 0 Å². The summed E-state index contributed by atoms with van der Waals surface area (Å²) < 4.78 is 6.61. The number of carboxylic acid groups (broad SMARTS) is 1. The van der Waals surface area contributed by atoms with Crippen LogP contribution in [0.5, 0.6) is 5.88 Å². The van der Waals surface area contributed by atoms with Gasteiger partial charge in [0.1, 0.15) is 0 Å². The molecule has 0 fully saturated rings. The Labute approximate surface area is 78.8 Å². The first-order valence-electron chi connectivity index (χ1n) is 3.89. The molecular formula is C8H7N3O3. The van der Waals surface area contributed by atoms with E-state index in [2.05, 4.69) is 9.97 Å². The molecule has 0 aliphatic carbocycles. The van der Waals surface area contributed by atoms with Gasteiger partial charge in [0, 0.05) is 12.4 Å². The number of rotatable bonds is 3. The van der Waals surface area contributed by atoms with Crippen molar-refractivity contribution in [1.82, 2.24) is 14.4 Å². The number of carbonyl (C=O) groups is 1. The van der Waals surface area contributed by atoms with Crippen molar-refractivity contribution in [2.24, 2.45) is 0 Å². The zero-order chi connectivity index (χ0) is 9.97. The number of hydrogen-bond donors (Lipinski definition) is 1. The Hall–Kier alpha value is -2.11. The number of nitrogens with zero attached hydrogens (tertiary/aromatic N) is 3. The minimum Gasteiger partial charge on any atom is -0.479 e. The number of hydrogen-bond acceptors (Lipinski definition) is 4. The van der Waals surface area contributed by atoms with Crippen molar-refractivity contribution >= 4 is 11.6 Å². The summed E-state index contributed by atoms with van der Waals surface area (Å²) in [4.78, 5) is 18.1. The van der Waals surface area contributed by atoms with Crippen LogP contribution in [0.15, 0.2) is 24.8 Å². The van der Waals surface area contributed by atoms with E-state index in [4.69, 9.17) is 9.84 Å². The lowest BCUT2D eigenvalue weighted by Crippen LogP contribution is -2.10. The van der Waals surface area contributed by atoms with E-state index < -0.39 is 5.97 Å². The van der Waals surface area contributed by atoms with Gasteiger partial charge in [-0.3, -0.25) is 9.38 Å². The van der Waals surface area contributed by atoms with Gasteiger partial charge in [-0.25, -0.2) is 9.78 Å². The number of imidazole rings is 1. The lowest BCUT2D eigenvalue weighted by Gasteiger charge is -2.00. The second-order valence-corrected chi connectivity index (χ2v) is 2.58. The number of ether oxygens (including phenoxy) is 1. The van der Waals surface area contributed by atoms with Gasteiger partial charge in [0.2, 0.25) is 5.88 Å². The first-order valence-corrected chi connectivity index (χ1v) is 3.89. The topological polar surface area (TPSA) is 76.7 Å². The maximum Gasteiger partial charge on any atom is 0.341 e. The zero-order valence-corrected chi connectivity index (χ0v) is 7.12. The minimum atomic E-state index is -1.02. The zero-order valence-electron chi connectivity index (χ0n) is 7.12. The Morgan fingerprint density at radius 2 is 2.43 bits per heavy atom. The summed E-state index contributed by atoms with van der Waals surface area (Å²) in [5.74, 6) is -0.626. The predicted octanol–water partition coefficient (Wildman–Crippen LogP) is 0.193. The van der Waals surface area contributed by atoms with Crippen molar-refractivity contribution in [2.45, 2.75) is 0 Å². The van der Waals surface area contributed by atoms with Gasteiger partial charge in [-0.05, 0) is 0 Å². The van der Waals surface area contributed by atoms with Crippen molar-refractivity contribution < 1.29 is 14.6 Å². The van der Waals surface area contributed by atoms with E-state index in [0.717, 1.165) is 0 Å². The summed E-state index contributed by atoms with van der Waals surface area (Å²) in [6.45, 7) is -0.379. The molecule has 0 unspecified atom stereocenters. The average molecular weight is 193 g/mol. The maximum absolute atomic E-state index is 10.3. The van der Waals surface area contributed by atoms with Crippen LogP contribution < -0.4 is 4.74 Å². The molecule has 0 saturated carbocycles. The van der Waals surface area contributed by atoms with Crippen molar-refractivity contribution in [2.75, 3.05) is 6.61 Å². The first-order chi connectivity index (χ1) is 6.77. The number of aromatic nitrogens is 3. The third kappa shape index (κ3) is 1.49. The van der Waals surface area contributed by atoms with Gasteiger partial charge in [-0.15, -0.1) is 0 Å². The van der Waals surface area contributed by atoms with Crippen molar-refractivity contribution in [3.8, 4) is 5.88 Å². The van der Waals surface area contributed by atoms with E-state index in [1.54, 1.807) is 23.0 Å². The van der Waals surface area contributed by atoms with E-state index in [9.17, 15) is 4.79 Å². The third-order valence-electron chi connectivity index (χ3n) is 1.63. The van der Waals surface area contributed by atoms with Crippen LogP contribution in [-0.4, -0.2) is 32.1 Å². The van der Waals surface area contributed by atoms with E-state index in [1.807, 2.05) is 0 Å². The Bertz CT molecular complexity index is 466. The van der Waals surface area contributed by atoms with E-state index in [0.29, 0.717) is 11.5 Å². The molecule has 2 aromatic rings. The molecule has 6 heteroatoms. The molecular weight excluding hydrogens is 186 g/mol. The number of carboxylic acids is 1. The molecule has 0 aliphatic heterocycles. The Morgan fingerprint density at radius 1 is 1.57 bits per heavy atom. The second kappa shape index (κ2) is 3.33. The van der Waals surface area contributed by atoms with Crippen LogP contribution in [0, 0.1) is 0 Å². The lowest BCUT2D eigenvalue weighted by molar-refractivity contribution is -0.139. The van der Waals surface area contributed by atoms with Crippen LogP contribution in [0.2, 0.25) is 0 Å². The summed E-state index contributed by atoms with van der Waals surface area (Å²) in [6, 6.07) is 0. The second-order valence-electron chi connectivity index (χ2n) is 2.58. The van der Waals surface area contributed by atoms with Crippen LogP contribution >= 0.6 is 0 Å². The molecule has 1 N–H and O–H groups in total. The first kappa shape index (κ1) is 8.49. The minimum absolute atomic E-state index is 0.379. The molecule has 0 amide bonds. The highest BCUT2D eigenvalue weighted by atomic mass is 16.5. The Morgan fingerprint density at radius 3 is 3.21 bits per heavy atom. The third-order valence-corrected chi connectivity index (χ3v) is 1.63. The molecule has 72 valence electrons. The van der Waals surface area contributed by atoms with Gasteiger partial charge in [-0.1, -0.05) is 0 Å². The summed E-state index contributed by atoms with van der Waals surface area (Å²) in [5.41, 5.74) is 0.618. The van der Waals surface area contributed by atoms with Gasteiger partial charge in [0.15, 0.2) is 12.3 Å². The van der Waals surface area contributed by atoms with E-state index in [-0.39, 0.29) is 6.61 Å².